The molecule has 2 aliphatic rings. The summed E-state index contributed by atoms with van der Waals surface area (Å²) in [5.41, 5.74) is 2.05. The van der Waals surface area contributed by atoms with E-state index in [0.717, 1.165) is 5.56 Å². The molecule has 0 radical (unpaired) electrons. The number of likely N-dealkylation sites (tertiary alicyclic amines) is 1. The first-order valence-corrected chi connectivity index (χ1v) is 11.9. The van der Waals surface area contributed by atoms with Gasteiger partial charge in [0.2, 0.25) is 5.91 Å². The van der Waals surface area contributed by atoms with Gasteiger partial charge in [-0.2, -0.15) is 0 Å². The van der Waals surface area contributed by atoms with Crippen LogP contribution < -0.4 is 20.3 Å². The molecular weight excluding hydrogens is 472 g/mol. The van der Waals surface area contributed by atoms with Gasteiger partial charge in [0, 0.05) is 25.7 Å². The van der Waals surface area contributed by atoms with Crippen molar-refractivity contribution >= 4 is 29.3 Å². The fourth-order valence-electron chi connectivity index (χ4n) is 4.05. The predicted molar refractivity (Wildman–Crippen MR) is 137 cm³/mol. The molecule has 0 unspecified atom stereocenters. The Morgan fingerprint density at radius 1 is 1.14 bits per heavy atom. The Bertz CT molecular complexity index is 1290. The van der Waals surface area contributed by atoms with Crippen LogP contribution in [0.5, 0.6) is 5.75 Å². The maximum atomic E-state index is 13.1. The molecule has 0 saturated carbocycles. The van der Waals surface area contributed by atoms with Crippen molar-refractivity contribution < 1.29 is 23.9 Å². The Balaban J connectivity index is 1.38. The van der Waals surface area contributed by atoms with E-state index in [2.05, 4.69) is 29.1 Å². The molecule has 4 amide bonds. The molecule has 0 bridgehead atoms. The molecule has 9 heteroatoms. The molecule has 2 atom stereocenters. The summed E-state index contributed by atoms with van der Waals surface area (Å²) in [6, 6.07) is 13.1. The van der Waals surface area contributed by atoms with Gasteiger partial charge in [-0.15, -0.1) is 0 Å². The van der Waals surface area contributed by atoms with E-state index in [-0.39, 0.29) is 24.5 Å². The Kier molecular flexibility index (Phi) is 7.58. The van der Waals surface area contributed by atoms with Crippen LogP contribution in [0.4, 0.5) is 5.69 Å². The zero-order chi connectivity index (χ0) is 26.5. The number of rotatable bonds is 4. The maximum absolute atomic E-state index is 13.1. The number of hydrogen-bond donors (Lipinski definition) is 2. The van der Waals surface area contributed by atoms with Gasteiger partial charge in [-0.25, -0.2) is 0 Å². The van der Waals surface area contributed by atoms with E-state index < -0.39 is 23.8 Å². The minimum absolute atomic E-state index is 0.0775. The molecule has 1 fully saturated rings. The van der Waals surface area contributed by atoms with Crippen LogP contribution in [-0.2, 0) is 19.2 Å². The summed E-state index contributed by atoms with van der Waals surface area (Å²) in [5.74, 6) is 4.50. The Hall–Kier alpha value is -4.58. The van der Waals surface area contributed by atoms with Crippen LogP contribution in [0.1, 0.15) is 24.1 Å². The number of carbonyl (C=O) groups excluding carboxylic acids is 4. The molecule has 0 spiro atoms. The Labute approximate surface area is 215 Å². The number of anilines is 1. The summed E-state index contributed by atoms with van der Waals surface area (Å²) in [7, 11) is 1.58. The highest BCUT2D eigenvalue weighted by atomic mass is 16.5. The summed E-state index contributed by atoms with van der Waals surface area (Å²) in [4.78, 5) is 52.7. The molecule has 2 N–H and O–H groups in total. The molecule has 9 nitrogen and oxygen atoms in total. The summed E-state index contributed by atoms with van der Waals surface area (Å²) < 4.78 is 5.79. The number of nitrogens with one attached hydrogen (secondary N) is 2. The van der Waals surface area contributed by atoms with Crippen molar-refractivity contribution in [1.82, 2.24) is 15.5 Å². The van der Waals surface area contributed by atoms with Crippen molar-refractivity contribution in [3.05, 3.63) is 72.3 Å². The number of hydrogen-bond acceptors (Lipinski definition) is 5. The van der Waals surface area contributed by atoms with Gasteiger partial charge in [0.05, 0.1) is 17.6 Å². The van der Waals surface area contributed by atoms with E-state index in [1.54, 1.807) is 37.1 Å². The first-order valence-electron chi connectivity index (χ1n) is 11.9. The molecule has 2 aromatic rings. The van der Waals surface area contributed by atoms with Gasteiger partial charge >= 0.3 is 11.8 Å². The number of fused-ring (bicyclic) bond motifs is 1. The first kappa shape index (κ1) is 25.5. The Morgan fingerprint density at radius 2 is 1.86 bits per heavy atom. The van der Waals surface area contributed by atoms with Crippen molar-refractivity contribution in [2.45, 2.75) is 19.0 Å². The molecular formula is C28H28N4O5. The highest BCUT2D eigenvalue weighted by Crippen LogP contribution is 2.31. The van der Waals surface area contributed by atoms with Crippen LogP contribution in [0.15, 0.2) is 61.2 Å². The van der Waals surface area contributed by atoms with Crippen LogP contribution in [-0.4, -0.2) is 61.3 Å². The molecule has 2 aromatic carbocycles. The molecule has 190 valence electrons. The van der Waals surface area contributed by atoms with Gasteiger partial charge in [-0.3, -0.25) is 19.2 Å². The van der Waals surface area contributed by atoms with Gasteiger partial charge in [0.15, 0.2) is 0 Å². The second-order valence-corrected chi connectivity index (χ2v) is 8.94. The third-order valence-electron chi connectivity index (χ3n) is 6.30. The zero-order valence-corrected chi connectivity index (χ0v) is 20.7. The van der Waals surface area contributed by atoms with Crippen molar-refractivity contribution in [2.24, 2.45) is 5.92 Å². The minimum Gasteiger partial charge on any atom is -0.489 e. The molecule has 2 aliphatic heterocycles. The monoisotopic (exact) mass is 500 g/mol. The van der Waals surface area contributed by atoms with Crippen LogP contribution in [0.2, 0.25) is 0 Å². The third kappa shape index (κ3) is 5.81. The highest BCUT2D eigenvalue weighted by Gasteiger charge is 2.32. The van der Waals surface area contributed by atoms with E-state index in [1.807, 2.05) is 30.3 Å². The van der Waals surface area contributed by atoms with Crippen molar-refractivity contribution in [3.8, 4) is 17.6 Å². The minimum atomic E-state index is -1.04. The average molecular weight is 501 g/mol. The van der Waals surface area contributed by atoms with Gasteiger partial charge in [-0.1, -0.05) is 48.8 Å². The summed E-state index contributed by atoms with van der Waals surface area (Å²) in [6.07, 6.45) is 1.29. The standard InChI is InChI=1S/C28H28N4O5/c1-4-25(33)32-15-20(16-32)11-10-19-12-13-24-23(14-19)31(3)28(36)22(17-37-24)30-27(35)26(34)29-18(2)21-8-6-5-7-9-21/h4-9,12-14,18,20,22H,1,15-17H2,2-3H3,(H,29,34)(H,30,35)/t18-,22+/m1/s1. The second-order valence-electron chi connectivity index (χ2n) is 8.94. The number of amides is 4. The largest absolute Gasteiger partial charge is 0.489 e. The smallest absolute Gasteiger partial charge is 0.310 e. The fourth-order valence-corrected chi connectivity index (χ4v) is 4.05. The molecule has 2 heterocycles. The highest BCUT2D eigenvalue weighted by molar-refractivity contribution is 6.35. The van der Waals surface area contributed by atoms with Crippen molar-refractivity contribution in [2.75, 3.05) is 31.6 Å². The fraction of sp³-hybridized carbons (Fsp3) is 0.286. The molecule has 37 heavy (non-hydrogen) atoms. The van der Waals surface area contributed by atoms with Crippen LogP contribution >= 0.6 is 0 Å². The van der Waals surface area contributed by atoms with Crippen LogP contribution in [0.3, 0.4) is 0 Å². The predicted octanol–water partition coefficient (Wildman–Crippen LogP) is 1.40. The molecule has 0 aromatic heterocycles. The van der Waals surface area contributed by atoms with Crippen molar-refractivity contribution in [1.29, 1.82) is 0 Å². The second kappa shape index (κ2) is 11.0. The number of ether oxygens (including phenoxy) is 1. The zero-order valence-electron chi connectivity index (χ0n) is 20.7. The summed E-state index contributed by atoms with van der Waals surface area (Å²) in [5, 5.41) is 5.12. The molecule has 4 rings (SSSR count). The number of likely N-dealkylation sites (N-methyl/N-ethyl adjacent to an activating group) is 1. The summed E-state index contributed by atoms with van der Waals surface area (Å²) in [6.45, 7) is 6.25. The summed E-state index contributed by atoms with van der Waals surface area (Å²) >= 11 is 0. The lowest BCUT2D eigenvalue weighted by molar-refractivity contribution is -0.141. The van der Waals surface area contributed by atoms with Gasteiger partial charge < -0.3 is 25.2 Å². The molecule has 1 saturated heterocycles. The van der Waals surface area contributed by atoms with Crippen molar-refractivity contribution in [3.63, 3.8) is 0 Å². The topological polar surface area (TPSA) is 108 Å². The lowest BCUT2D eigenvalue weighted by atomic mass is 10.00. The number of nitrogens with zero attached hydrogens (tertiary/aromatic N) is 2. The average Bonchev–Trinajstić information content (AvgIpc) is 2.99. The van der Waals surface area contributed by atoms with E-state index in [0.29, 0.717) is 30.1 Å². The van der Waals surface area contributed by atoms with Crippen LogP contribution in [0.25, 0.3) is 0 Å². The number of benzene rings is 2. The maximum Gasteiger partial charge on any atom is 0.310 e. The van der Waals surface area contributed by atoms with E-state index >= 15 is 0 Å². The lowest BCUT2D eigenvalue weighted by Gasteiger charge is -2.35. The lowest BCUT2D eigenvalue weighted by Crippen LogP contribution is -2.53. The Morgan fingerprint density at radius 3 is 2.57 bits per heavy atom. The van der Waals surface area contributed by atoms with E-state index in [9.17, 15) is 19.2 Å². The number of carbonyl (C=O) groups is 4. The van der Waals surface area contributed by atoms with E-state index in [4.69, 9.17) is 4.74 Å². The van der Waals surface area contributed by atoms with Gasteiger partial charge in [-0.05, 0) is 36.8 Å². The third-order valence-corrected chi connectivity index (χ3v) is 6.30. The van der Waals surface area contributed by atoms with Gasteiger partial charge in [0.1, 0.15) is 18.4 Å². The first-order chi connectivity index (χ1) is 17.8. The molecule has 0 aliphatic carbocycles. The van der Waals surface area contributed by atoms with E-state index in [1.165, 1.54) is 11.0 Å². The van der Waals surface area contributed by atoms with Crippen LogP contribution in [0, 0.1) is 17.8 Å². The normalized spacial score (nSPS) is 17.6. The van der Waals surface area contributed by atoms with Gasteiger partial charge in [0.25, 0.3) is 5.91 Å². The SMILES string of the molecule is C=CC(=O)N1CC(C#Cc2ccc3c(c2)N(C)C(=O)[C@@H](NC(=O)C(=O)N[C@H](C)c2ccccc2)CO3)C1. The quantitative estimate of drug-likeness (QED) is 0.375.